The van der Waals surface area contributed by atoms with Crippen molar-refractivity contribution >= 4 is 11.4 Å². The number of hydrogen-bond donors (Lipinski definition) is 2. The molecule has 0 amide bonds. The molecule has 5 heteroatoms. The van der Waals surface area contributed by atoms with Crippen molar-refractivity contribution in [3.05, 3.63) is 52.6 Å². The number of ether oxygens (including phenoxy) is 1. The van der Waals surface area contributed by atoms with Gasteiger partial charge in [-0.1, -0.05) is 12.1 Å². The molecule has 0 spiro atoms. The zero-order valence-corrected chi connectivity index (χ0v) is 12.3. The lowest BCUT2D eigenvalue weighted by atomic mass is 10.1. The van der Waals surface area contributed by atoms with Crippen LogP contribution in [0.15, 0.2) is 24.3 Å². The molecule has 0 saturated carbocycles. The monoisotopic (exact) mass is 292 g/mol. The van der Waals surface area contributed by atoms with E-state index in [1.165, 1.54) is 19.2 Å². The maximum Gasteiger partial charge on any atom is 0.167 e. The van der Waals surface area contributed by atoms with E-state index in [0.29, 0.717) is 29.0 Å². The molecule has 0 heterocycles. The van der Waals surface area contributed by atoms with Gasteiger partial charge in [-0.3, -0.25) is 0 Å². The second kappa shape index (κ2) is 5.99. The molecule has 2 rings (SSSR count). The average molecular weight is 292 g/mol. The Morgan fingerprint density at radius 1 is 1.10 bits per heavy atom. The summed E-state index contributed by atoms with van der Waals surface area (Å²) in [6.45, 7) is 3.91. The van der Waals surface area contributed by atoms with Crippen LogP contribution in [0.5, 0.6) is 5.75 Å². The summed E-state index contributed by atoms with van der Waals surface area (Å²) in [5.41, 5.74) is 8.76. The molecule has 0 bridgehead atoms. The van der Waals surface area contributed by atoms with E-state index in [1.54, 1.807) is 26.0 Å². The molecule has 21 heavy (non-hydrogen) atoms. The minimum atomic E-state index is -0.506. The number of methoxy groups -OCH3 is 1. The smallest absolute Gasteiger partial charge is 0.167 e. The molecule has 2 aromatic carbocycles. The second-order valence-corrected chi connectivity index (χ2v) is 4.97. The van der Waals surface area contributed by atoms with Gasteiger partial charge >= 0.3 is 0 Å². The molecule has 3 nitrogen and oxygen atoms in total. The zero-order valence-electron chi connectivity index (χ0n) is 12.3. The van der Waals surface area contributed by atoms with Gasteiger partial charge in [-0.05, 0) is 30.5 Å². The minimum Gasteiger partial charge on any atom is -0.494 e. The van der Waals surface area contributed by atoms with Crippen molar-refractivity contribution in [3.8, 4) is 5.75 Å². The van der Waals surface area contributed by atoms with E-state index < -0.39 is 5.82 Å². The van der Waals surface area contributed by atoms with Gasteiger partial charge in [0.1, 0.15) is 5.82 Å². The van der Waals surface area contributed by atoms with Crippen molar-refractivity contribution in [2.24, 2.45) is 0 Å². The summed E-state index contributed by atoms with van der Waals surface area (Å²) < 4.78 is 32.0. The predicted molar refractivity (Wildman–Crippen MR) is 80.6 cm³/mol. The number of anilines is 2. The number of nitrogens with two attached hydrogens (primary N) is 1. The molecule has 0 unspecified atom stereocenters. The summed E-state index contributed by atoms with van der Waals surface area (Å²) in [6.07, 6.45) is 0. The van der Waals surface area contributed by atoms with Crippen LogP contribution in [0.25, 0.3) is 0 Å². The molecule has 0 aliphatic heterocycles. The number of benzene rings is 2. The van der Waals surface area contributed by atoms with Gasteiger partial charge < -0.3 is 15.8 Å². The highest BCUT2D eigenvalue weighted by atomic mass is 19.1. The Hall–Kier alpha value is -2.30. The second-order valence-electron chi connectivity index (χ2n) is 4.97. The highest BCUT2D eigenvalue weighted by Crippen LogP contribution is 2.28. The summed E-state index contributed by atoms with van der Waals surface area (Å²) >= 11 is 0. The van der Waals surface area contributed by atoms with Gasteiger partial charge in [0.2, 0.25) is 0 Å². The fourth-order valence-electron chi connectivity index (χ4n) is 2.21. The van der Waals surface area contributed by atoms with Crippen molar-refractivity contribution in [1.82, 2.24) is 0 Å². The lowest BCUT2D eigenvalue weighted by Gasteiger charge is -2.13. The van der Waals surface area contributed by atoms with Crippen LogP contribution in [0.4, 0.5) is 20.2 Å². The van der Waals surface area contributed by atoms with Crippen LogP contribution < -0.4 is 15.8 Å². The van der Waals surface area contributed by atoms with Crippen LogP contribution in [0.2, 0.25) is 0 Å². The average Bonchev–Trinajstić information content (AvgIpc) is 2.43. The fourth-order valence-corrected chi connectivity index (χ4v) is 2.21. The van der Waals surface area contributed by atoms with Crippen molar-refractivity contribution in [3.63, 3.8) is 0 Å². The maximum atomic E-state index is 13.6. The molecule has 0 aliphatic rings. The first kappa shape index (κ1) is 15.1. The van der Waals surface area contributed by atoms with E-state index in [1.807, 2.05) is 0 Å². The summed E-state index contributed by atoms with van der Waals surface area (Å²) in [7, 11) is 1.39. The van der Waals surface area contributed by atoms with Gasteiger partial charge in [0.05, 0.1) is 18.5 Å². The van der Waals surface area contributed by atoms with Gasteiger partial charge in [0, 0.05) is 18.7 Å². The number of aryl methyl sites for hydroxylation is 2. The third-order valence-electron chi connectivity index (χ3n) is 3.30. The quantitative estimate of drug-likeness (QED) is 0.843. The number of nitrogen functional groups attached to an aromatic ring is 1. The molecular formula is C16H18F2N2O. The number of rotatable bonds is 4. The Labute approximate surface area is 122 Å². The first-order valence-corrected chi connectivity index (χ1v) is 6.55. The third kappa shape index (κ3) is 3.24. The molecule has 0 radical (unpaired) electrons. The Bertz CT molecular complexity index is 649. The minimum absolute atomic E-state index is 0.123. The van der Waals surface area contributed by atoms with E-state index in [2.05, 4.69) is 5.32 Å². The van der Waals surface area contributed by atoms with Crippen molar-refractivity contribution in [1.29, 1.82) is 0 Å². The largest absolute Gasteiger partial charge is 0.494 e. The van der Waals surface area contributed by atoms with Gasteiger partial charge in [0.25, 0.3) is 0 Å². The van der Waals surface area contributed by atoms with Gasteiger partial charge in [-0.15, -0.1) is 0 Å². The van der Waals surface area contributed by atoms with Crippen LogP contribution in [0.1, 0.15) is 16.7 Å². The SMILES string of the molecule is COc1cc(NCc2cc(C)c(F)c(C)c2)c(N)cc1F. The van der Waals surface area contributed by atoms with E-state index >= 15 is 0 Å². The summed E-state index contributed by atoms with van der Waals surface area (Å²) in [5, 5.41) is 3.11. The van der Waals surface area contributed by atoms with Crippen molar-refractivity contribution < 1.29 is 13.5 Å². The molecule has 0 fully saturated rings. The molecule has 0 atom stereocenters. The fraction of sp³-hybridized carbons (Fsp3) is 0.250. The first-order chi connectivity index (χ1) is 9.92. The normalized spacial score (nSPS) is 10.5. The maximum absolute atomic E-state index is 13.6. The Kier molecular flexibility index (Phi) is 4.31. The van der Waals surface area contributed by atoms with Crippen LogP contribution >= 0.6 is 0 Å². The number of hydrogen-bond acceptors (Lipinski definition) is 3. The molecule has 112 valence electrons. The summed E-state index contributed by atoms with van der Waals surface area (Å²) in [5.74, 6) is -0.575. The van der Waals surface area contributed by atoms with E-state index in [9.17, 15) is 8.78 Å². The van der Waals surface area contributed by atoms with E-state index in [0.717, 1.165) is 5.56 Å². The molecule has 3 N–H and O–H groups in total. The predicted octanol–water partition coefficient (Wildman–Crippen LogP) is 3.78. The number of nitrogens with one attached hydrogen (secondary N) is 1. The zero-order chi connectivity index (χ0) is 15.6. The highest BCUT2D eigenvalue weighted by Gasteiger charge is 2.09. The molecule has 0 aliphatic carbocycles. The molecular weight excluding hydrogens is 274 g/mol. The Morgan fingerprint density at radius 3 is 2.29 bits per heavy atom. The lowest BCUT2D eigenvalue weighted by Crippen LogP contribution is -2.05. The standard InChI is InChI=1S/C16H18F2N2O/c1-9-4-11(5-10(2)16(9)18)8-20-14-7-15(21-3)12(17)6-13(14)19/h4-7,20H,8,19H2,1-3H3. The molecule has 0 aromatic heterocycles. The van der Waals surface area contributed by atoms with Crippen LogP contribution in [0.3, 0.4) is 0 Å². The van der Waals surface area contributed by atoms with Crippen LogP contribution in [-0.4, -0.2) is 7.11 Å². The topological polar surface area (TPSA) is 47.3 Å². The van der Waals surface area contributed by atoms with Gasteiger partial charge in [0.15, 0.2) is 11.6 Å². The van der Waals surface area contributed by atoms with E-state index in [4.69, 9.17) is 10.5 Å². The molecule has 0 saturated heterocycles. The van der Waals surface area contributed by atoms with Gasteiger partial charge in [-0.25, -0.2) is 8.78 Å². The van der Waals surface area contributed by atoms with Crippen molar-refractivity contribution in [2.75, 3.05) is 18.2 Å². The lowest BCUT2D eigenvalue weighted by molar-refractivity contribution is 0.387. The first-order valence-electron chi connectivity index (χ1n) is 6.55. The summed E-state index contributed by atoms with van der Waals surface area (Å²) in [4.78, 5) is 0. The van der Waals surface area contributed by atoms with Crippen LogP contribution in [-0.2, 0) is 6.54 Å². The number of halogens is 2. The van der Waals surface area contributed by atoms with E-state index in [-0.39, 0.29) is 11.6 Å². The summed E-state index contributed by atoms with van der Waals surface area (Å²) in [6, 6.07) is 6.26. The Morgan fingerprint density at radius 2 is 1.71 bits per heavy atom. The third-order valence-corrected chi connectivity index (χ3v) is 3.30. The Balaban J connectivity index is 2.20. The van der Waals surface area contributed by atoms with Crippen molar-refractivity contribution in [2.45, 2.75) is 20.4 Å². The highest BCUT2D eigenvalue weighted by molar-refractivity contribution is 5.68. The molecule has 2 aromatic rings. The van der Waals surface area contributed by atoms with Gasteiger partial charge in [-0.2, -0.15) is 0 Å². The van der Waals surface area contributed by atoms with Crippen LogP contribution in [0, 0.1) is 25.5 Å².